The van der Waals surface area contributed by atoms with E-state index in [1.165, 1.54) is 5.57 Å². The van der Waals surface area contributed by atoms with E-state index in [0.29, 0.717) is 51.5 Å². The Morgan fingerprint density at radius 2 is 1.38 bits per heavy atom. The number of nitrogens with two attached hydrogens (primary N) is 1. The summed E-state index contributed by atoms with van der Waals surface area (Å²) in [7, 11) is 0. The maximum absolute atomic E-state index is 11.5. The van der Waals surface area contributed by atoms with Crippen molar-refractivity contribution < 1.29 is 87.7 Å². The lowest BCUT2D eigenvalue weighted by Gasteiger charge is -2.09. The molecule has 5 unspecified atom stereocenters. The van der Waals surface area contributed by atoms with Gasteiger partial charge in [-0.3, -0.25) is 48.1 Å². The molecule has 23 nitrogen and oxygen atoms in total. The molecule has 1 amide bonds. The number of ether oxygens (including phenoxy) is 3. The number of amides is 1. The largest absolute Gasteiger partial charge is 0.481 e. The number of carbonyl (C=O) groups is 10. The molecule has 3 fully saturated rings. The van der Waals surface area contributed by atoms with Gasteiger partial charge in [-0.2, -0.15) is 0 Å². The molecule has 0 saturated carbocycles. The summed E-state index contributed by atoms with van der Waals surface area (Å²) in [6.07, 6.45) is 8.61. The second-order valence-corrected chi connectivity index (χ2v) is 13.7. The van der Waals surface area contributed by atoms with E-state index in [1.54, 1.807) is 18.7 Å². The van der Waals surface area contributed by atoms with E-state index < -0.39 is 65.5 Å². The van der Waals surface area contributed by atoms with Crippen LogP contribution in [0.2, 0.25) is 0 Å². The van der Waals surface area contributed by atoms with Crippen molar-refractivity contribution in [3.8, 4) is 0 Å². The molecule has 0 aromatic carbocycles. The zero-order valence-electron chi connectivity index (χ0n) is 32.9. The van der Waals surface area contributed by atoms with Crippen molar-refractivity contribution in [2.75, 3.05) is 6.54 Å². The molecule has 9 N–H and O–H groups in total. The molecule has 1 aromatic rings. The zero-order chi connectivity index (χ0) is 45.9. The summed E-state index contributed by atoms with van der Waals surface area (Å²) in [6, 6.07) is -1.06. The van der Waals surface area contributed by atoms with Crippen molar-refractivity contribution in [3.05, 3.63) is 30.0 Å². The quantitative estimate of drug-likeness (QED) is 0.0567. The Hall–Kier alpha value is -6.07. The fraction of sp³-hybridized carbons (Fsp3) is 0.568. The Morgan fingerprint density at radius 1 is 0.820 bits per heavy atom. The number of Topliss-reactive ketones (excluding diaryl/α,β-unsaturated/α-hetero) is 1. The molecule has 4 aliphatic rings. The number of carboxylic acids is 4. The second kappa shape index (κ2) is 29.2. The number of H-pyrrole nitrogens is 1. The summed E-state index contributed by atoms with van der Waals surface area (Å²) in [5.41, 5.74) is 7.16. The number of nitrogens with zero attached hydrogens (tertiary/aromatic N) is 2. The van der Waals surface area contributed by atoms with Crippen LogP contribution in [0.15, 0.2) is 29.3 Å². The average Bonchev–Trinajstić information content (AvgIpc) is 4.06. The van der Waals surface area contributed by atoms with Crippen molar-refractivity contribution >= 4 is 76.5 Å². The lowest BCUT2D eigenvalue weighted by molar-refractivity contribution is -0.156. The van der Waals surface area contributed by atoms with Gasteiger partial charge in [0, 0.05) is 101 Å². The predicted molar refractivity (Wildman–Crippen MR) is 207 cm³/mol. The van der Waals surface area contributed by atoms with Crippen molar-refractivity contribution in [1.29, 1.82) is 0 Å². The fourth-order valence-corrected chi connectivity index (χ4v) is 5.13. The van der Waals surface area contributed by atoms with Crippen LogP contribution in [-0.4, -0.2) is 137 Å². The fourth-order valence-electron chi connectivity index (χ4n) is 4.98. The number of ketones is 1. The smallest absolute Gasteiger partial charge is 0.345 e. The molecule has 0 aliphatic carbocycles. The number of aliphatic hydroxyl groups is 1. The lowest BCUT2D eigenvalue weighted by atomic mass is 10.0. The van der Waals surface area contributed by atoms with E-state index in [0.717, 1.165) is 18.5 Å². The van der Waals surface area contributed by atoms with Crippen LogP contribution in [0, 0.1) is 0 Å². The Balaban J connectivity index is 0.000000392. The van der Waals surface area contributed by atoms with Crippen LogP contribution in [0.4, 0.5) is 0 Å². The maximum Gasteiger partial charge on any atom is 0.345 e. The summed E-state index contributed by atoms with van der Waals surface area (Å²) in [4.78, 5) is 116. The molecule has 0 bridgehead atoms. The predicted octanol–water partition coefficient (Wildman–Crippen LogP) is 0.581. The summed E-state index contributed by atoms with van der Waals surface area (Å²) >= 11 is 5.03. The Bertz CT molecular complexity index is 1700. The summed E-state index contributed by atoms with van der Waals surface area (Å²) < 4.78 is 13.7. The molecule has 61 heavy (non-hydrogen) atoms. The molecule has 1 aromatic heterocycles. The monoisotopic (exact) mass is 887 g/mol. The van der Waals surface area contributed by atoms with Gasteiger partial charge in [-0.25, -0.2) is 9.78 Å². The number of halogens is 1. The first kappa shape index (κ1) is 52.9. The molecule has 0 spiro atoms. The molecule has 338 valence electrons. The van der Waals surface area contributed by atoms with Crippen molar-refractivity contribution in [3.63, 3.8) is 0 Å². The van der Waals surface area contributed by atoms with Crippen molar-refractivity contribution in [2.24, 2.45) is 10.7 Å². The summed E-state index contributed by atoms with van der Waals surface area (Å²) in [5, 5.41) is 44.5. The lowest BCUT2D eigenvalue weighted by Crippen LogP contribution is -2.35. The first-order valence-corrected chi connectivity index (χ1v) is 19.2. The number of aliphatic carboxylic acids is 4. The topological polar surface area (TPSA) is 379 Å². The van der Waals surface area contributed by atoms with Gasteiger partial charge in [-0.05, 0) is 42.9 Å². The number of aromatic amines is 1. The van der Waals surface area contributed by atoms with Crippen LogP contribution in [0.5, 0.6) is 0 Å². The molecule has 0 radical (unpaired) electrons. The Kier molecular flexibility index (Phi) is 25.3. The number of nitrogens with one attached hydrogen (secondary N) is 2. The van der Waals surface area contributed by atoms with Gasteiger partial charge < -0.3 is 55.8 Å². The van der Waals surface area contributed by atoms with Crippen LogP contribution >= 0.6 is 11.6 Å². The van der Waals surface area contributed by atoms with Crippen LogP contribution < -0.4 is 11.1 Å². The minimum Gasteiger partial charge on any atom is -0.481 e. The van der Waals surface area contributed by atoms with E-state index >= 15 is 0 Å². The minimum atomic E-state index is -1.17. The number of cyclic esters (lactones) is 3. The molecule has 3 saturated heterocycles. The second-order valence-electron chi connectivity index (χ2n) is 13.3. The van der Waals surface area contributed by atoms with Crippen LogP contribution in [-0.2, 0) is 68.6 Å². The first-order valence-electron chi connectivity index (χ1n) is 18.9. The molecule has 5 rings (SSSR count). The van der Waals surface area contributed by atoms with E-state index in [9.17, 15) is 53.1 Å². The van der Waals surface area contributed by atoms with Gasteiger partial charge in [0.1, 0.15) is 12.1 Å². The van der Waals surface area contributed by atoms with Gasteiger partial charge in [0.05, 0.1) is 6.33 Å². The van der Waals surface area contributed by atoms with Crippen molar-refractivity contribution in [1.82, 2.24) is 15.3 Å². The third-order valence-corrected chi connectivity index (χ3v) is 8.59. The highest BCUT2D eigenvalue weighted by molar-refractivity contribution is 6.64. The average molecular weight is 888 g/mol. The highest BCUT2D eigenvalue weighted by atomic mass is 35.5. The molecule has 24 heteroatoms. The maximum atomic E-state index is 11.5. The summed E-state index contributed by atoms with van der Waals surface area (Å²) in [6.45, 7) is 0.509. The third-order valence-electron chi connectivity index (χ3n) is 8.35. The van der Waals surface area contributed by atoms with E-state index in [1.807, 2.05) is 6.21 Å². The Labute approximate surface area is 353 Å². The van der Waals surface area contributed by atoms with Gasteiger partial charge in [0.15, 0.2) is 24.1 Å². The number of carboxylic acid groups (broad SMARTS) is 4. The molecular formula is C37H50ClN5O18. The van der Waals surface area contributed by atoms with Crippen LogP contribution in [0.3, 0.4) is 0 Å². The number of imidazole rings is 1. The summed E-state index contributed by atoms with van der Waals surface area (Å²) in [5.74, 6) is -5.79. The number of hydrogen-bond acceptors (Lipinski definition) is 17. The zero-order valence-corrected chi connectivity index (χ0v) is 33.7. The minimum absolute atomic E-state index is 0.0000256. The van der Waals surface area contributed by atoms with Crippen molar-refractivity contribution in [2.45, 2.75) is 127 Å². The number of carbonyl (C=O) groups excluding carboxylic acids is 6. The van der Waals surface area contributed by atoms with Gasteiger partial charge in [-0.1, -0.05) is 0 Å². The Morgan fingerprint density at radius 3 is 1.79 bits per heavy atom. The van der Waals surface area contributed by atoms with E-state index in [4.69, 9.17) is 42.5 Å². The normalized spacial score (nSPS) is 19.2. The van der Waals surface area contributed by atoms with E-state index in [2.05, 4.69) is 29.8 Å². The highest BCUT2D eigenvalue weighted by Crippen LogP contribution is 2.17. The van der Waals surface area contributed by atoms with Gasteiger partial charge in [0.25, 0.3) is 11.1 Å². The van der Waals surface area contributed by atoms with Gasteiger partial charge in [0.2, 0.25) is 0 Å². The third kappa shape index (κ3) is 24.6. The SMILES string of the molecule is NC(CCC(=O)O)C(=O)O.O=C(O)CCC(O)C(=O)CCCC1=CN=CC1.O=C1CCC(C(=O)Cl)O1.O=C1CCC(C(=O)NCCc2cnc[nH]2)O1.O=C1CCC(C(=O)O)O1. The molecular weight excluding hydrogens is 838 g/mol. The van der Waals surface area contributed by atoms with Crippen LogP contribution in [0.1, 0.15) is 95.6 Å². The molecule has 5 heterocycles. The standard InChI is InChI=1S/C12H17NO4.C10H13N3O3.C5H5ClO3.C5H9NO4.C5H6O4/c14-10(11(15)4-5-12(16)17)3-1-2-9-6-7-13-8-9;14-9-2-1-8(16-9)10(15)12-4-3-7-5-11-6-13-7;6-5(8)3-1-2-4(7)9-3;6-3(5(9)10)1-2-4(7)8;6-4-2-1-3(9-4)5(7)8/h7-8,11,15H,1-6H2,(H,16,17);5-6,8H,1-4H2,(H,11,13)(H,12,15);3H,1-2H2;3H,1-2,6H2,(H,7,8)(H,9,10);3H,1-2H2,(H,7,8). The number of rotatable bonds is 18. The number of aliphatic imine (C=N–C) groups is 1. The van der Waals surface area contributed by atoms with E-state index in [-0.39, 0.29) is 62.2 Å². The van der Waals surface area contributed by atoms with Crippen LogP contribution in [0.25, 0.3) is 0 Å². The first-order chi connectivity index (χ1) is 28.8. The number of aliphatic hydroxyl groups excluding tert-OH is 1. The number of esters is 3. The van der Waals surface area contributed by atoms with Gasteiger partial charge >= 0.3 is 41.8 Å². The highest BCUT2D eigenvalue weighted by Gasteiger charge is 2.30. The molecule has 4 aliphatic heterocycles. The number of aromatic nitrogens is 2. The van der Waals surface area contributed by atoms with Gasteiger partial charge in [-0.15, -0.1) is 0 Å². The number of hydrogen-bond donors (Lipinski definition) is 8. The molecule has 5 atom stereocenters. The number of allylic oxidation sites excluding steroid dienone is 1.